The van der Waals surface area contributed by atoms with Gasteiger partial charge in [0.05, 0.1) is 25.9 Å². The molecule has 0 saturated heterocycles. The fourth-order valence-electron chi connectivity index (χ4n) is 8.38. The zero-order chi connectivity index (χ0) is 33.7. The van der Waals surface area contributed by atoms with Crippen LogP contribution in [0, 0.1) is 48.8 Å². The topological polar surface area (TPSA) is 221 Å². The number of fused-ring (bicyclic) bond motifs is 5. The van der Waals surface area contributed by atoms with Crippen LogP contribution in [0.25, 0.3) is 0 Å². The van der Waals surface area contributed by atoms with Crippen molar-refractivity contribution in [1.29, 1.82) is 0 Å². The largest absolute Gasteiger partial charge is 0.508 e. The molecule has 7 atom stereocenters. The molecule has 4 aliphatic carbocycles. The summed E-state index contributed by atoms with van der Waals surface area (Å²) in [5.74, 6) is -2.02. The summed E-state index contributed by atoms with van der Waals surface area (Å²) in [6.45, 7) is 2.40. The van der Waals surface area contributed by atoms with Gasteiger partial charge in [0, 0.05) is 23.2 Å². The fourth-order valence-corrected chi connectivity index (χ4v) is 8.38. The van der Waals surface area contributed by atoms with Crippen molar-refractivity contribution >= 4 is 23.7 Å². The van der Waals surface area contributed by atoms with Gasteiger partial charge in [-0.05, 0) is 75.4 Å². The van der Waals surface area contributed by atoms with Gasteiger partial charge in [0.2, 0.25) is 5.78 Å². The number of nitrogens with zero attached hydrogens (tertiary/aromatic N) is 2. The summed E-state index contributed by atoms with van der Waals surface area (Å²) in [6.07, 6.45) is 5.15. The number of rotatable bonds is 15. The summed E-state index contributed by atoms with van der Waals surface area (Å²) in [7, 11) is 0. The summed E-state index contributed by atoms with van der Waals surface area (Å²) in [5.41, 5.74) is -2.40. The molecule has 2 unspecified atom stereocenters. The molecule has 0 aromatic heterocycles. The van der Waals surface area contributed by atoms with Crippen molar-refractivity contribution in [3.63, 3.8) is 0 Å². The number of Topliss-reactive ketones (excluding diaryl/α,β-unsaturated/α-hetero) is 1. The van der Waals surface area contributed by atoms with Gasteiger partial charge >= 0.3 is 12.1 Å². The van der Waals surface area contributed by atoms with Crippen molar-refractivity contribution in [3.05, 3.63) is 44.0 Å². The third-order valence-electron chi connectivity index (χ3n) is 10.4. The van der Waals surface area contributed by atoms with Gasteiger partial charge < -0.3 is 29.0 Å². The van der Waals surface area contributed by atoms with Crippen LogP contribution in [-0.4, -0.2) is 77.1 Å². The molecule has 16 nitrogen and oxygen atoms in total. The van der Waals surface area contributed by atoms with Gasteiger partial charge in [-0.1, -0.05) is 25.5 Å². The van der Waals surface area contributed by atoms with E-state index in [0.29, 0.717) is 19.3 Å². The summed E-state index contributed by atoms with van der Waals surface area (Å²) < 4.78 is 16.1. The van der Waals surface area contributed by atoms with Gasteiger partial charge in [0.1, 0.15) is 0 Å². The number of carbonyl (C=O) groups excluding carboxylic acids is 4. The quantitative estimate of drug-likeness (QED) is 0.116. The molecule has 0 heterocycles. The molecule has 1 N–H and O–H groups in total. The Morgan fingerprint density at radius 2 is 1.67 bits per heavy atom. The molecule has 4 rings (SSSR count). The van der Waals surface area contributed by atoms with Gasteiger partial charge in [0.25, 0.3) is 10.2 Å². The van der Waals surface area contributed by atoms with Crippen molar-refractivity contribution in [1.82, 2.24) is 0 Å². The molecule has 46 heavy (non-hydrogen) atoms. The Kier molecular flexibility index (Phi) is 10.7. The van der Waals surface area contributed by atoms with E-state index in [4.69, 9.17) is 14.2 Å². The van der Waals surface area contributed by atoms with Crippen molar-refractivity contribution in [2.24, 2.45) is 28.6 Å². The third-order valence-corrected chi connectivity index (χ3v) is 10.4. The van der Waals surface area contributed by atoms with Crippen LogP contribution in [0.1, 0.15) is 71.6 Å². The number of unbranched alkanes of at least 4 members (excludes halogenated alkanes) is 1. The number of ether oxygens (including phenoxy) is 3. The van der Waals surface area contributed by atoms with Crippen molar-refractivity contribution in [2.75, 3.05) is 26.4 Å². The molecular weight excluding hydrogens is 612 g/mol. The molecule has 0 aliphatic heterocycles. The minimum atomic E-state index is -1.76. The molecule has 0 aromatic carbocycles. The number of allylic oxidation sites excluding steroid dienone is 4. The summed E-state index contributed by atoms with van der Waals surface area (Å²) in [4.78, 5) is 80.7. The van der Waals surface area contributed by atoms with Crippen molar-refractivity contribution in [3.8, 4) is 0 Å². The van der Waals surface area contributed by atoms with Crippen LogP contribution in [0.15, 0.2) is 23.8 Å². The molecule has 254 valence electrons. The predicted molar refractivity (Wildman–Crippen MR) is 153 cm³/mol. The first kappa shape index (κ1) is 34.8. The van der Waals surface area contributed by atoms with Crippen LogP contribution in [0.2, 0.25) is 0 Å². The Morgan fingerprint density at radius 1 is 1.00 bits per heavy atom. The summed E-state index contributed by atoms with van der Waals surface area (Å²) in [6, 6.07) is 0. The monoisotopic (exact) mass is 652 g/mol. The van der Waals surface area contributed by atoms with Crippen LogP contribution in [0.5, 0.6) is 0 Å². The Bertz CT molecular complexity index is 1300. The number of hydrogen-bond acceptors (Lipinski definition) is 14. The fraction of sp³-hybridized carbons (Fsp3) is 0.733. The number of aliphatic hydroxyl groups excluding tert-OH is 1. The zero-order valence-corrected chi connectivity index (χ0v) is 25.9. The standard InChI is InChI=1S/C30H40N2O14/c1-28-11-9-20(33)16-19(28)7-8-21-22-10-12-30(29(22,2)17-23(34)26(21)28,46-25(36)6-5-15-45-32(40)41)24(35)18-43-27(37)42-13-3-4-14-44-31(38)39/h9,11,16,21-23,26,34H,3-8,10,12-15,17-18H2,1-2H3/t21?,22?,23-,26+,28-,29-,30-/m0/s1. The smallest absolute Gasteiger partial charge is 0.450 e. The molecule has 16 heteroatoms. The highest BCUT2D eigenvalue weighted by atomic mass is 17.0. The minimum absolute atomic E-state index is 0.0361. The van der Waals surface area contributed by atoms with E-state index in [9.17, 15) is 44.5 Å². The lowest BCUT2D eigenvalue weighted by molar-refractivity contribution is -0.757. The van der Waals surface area contributed by atoms with E-state index < -0.39 is 57.2 Å². The Hall–Kier alpha value is -4.08. The number of carbonyl (C=O) groups is 4. The molecule has 3 saturated carbocycles. The van der Waals surface area contributed by atoms with Crippen LogP contribution in [0.3, 0.4) is 0 Å². The lowest BCUT2D eigenvalue weighted by Gasteiger charge is -2.59. The van der Waals surface area contributed by atoms with Crippen LogP contribution in [0.4, 0.5) is 4.79 Å². The first-order valence-electron chi connectivity index (χ1n) is 15.4. The van der Waals surface area contributed by atoms with E-state index in [1.54, 1.807) is 6.08 Å². The van der Waals surface area contributed by atoms with Gasteiger partial charge in [-0.2, -0.15) is 0 Å². The van der Waals surface area contributed by atoms with E-state index in [-0.39, 0.29) is 81.9 Å². The van der Waals surface area contributed by atoms with Gasteiger partial charge in [-0.15, -0.1) is 20.2 Å². The van der Waals surface area contributed by atoms with Gasteiger partial charge in [-0.25, -0.2) is 4.79 Å². The van der Waals surface area contributed by atoms with E-state index >= 15 is 0 Å². The zero-order valence-electron chi connectivity index (χ0n) is 25.9. The number of hydrogen-bond donors (Lipinski definition) is 1. The molecular formula is C30H40N2O14. The lowest BCUT2D eigenvalue weighted by atomic mass is 9.46. The van der Waals surface area contributed by atoms with E-state index in [2.05, 4.69) is 9.68 Å². The third kappa shape index (κ3) is 7.00. The lowest BCUT2D eigenvalue weighted by Crippen LogP contribution is -2.63. The highest BCUT2D eigenvalue weighted by molar-refractivity contribution is 6.01. The molecule has 0 amide bonds. The normalized spacial score (nSPS) is 32.6. The number of aliphatic hydroxyl groups is 1. The Balaban J connectivity index is 1.51. The molecule has 4 aliphatic rings. The molecule has 0 radical (unpaired) electrons. The maximum Gasteiger partial charge on any atom is 0.508 e. The maximum absolute atomic E-state index is 14.0. The van der Waals surface area contributed by atoms with E-state index in [0.717, 1.165) is 5.57 Å². The maximum atomic E-state index is 14.0. The predicted octanol–water partition coefficient (Wildman–Crippen LogP) is 3.25. The van der Waals surface area contributed by atoms with Crippen LogP contribution in [-0.2, 0) is 38.3 Å². The van der Waals surface area contributed by atoms with Crippen molar-refractivity contribution < 1.29 is 58.3 Å². The first-order valence-corrected chi connectivity index (χ1v) is 15.4. The molecule has 0 aromatic rings. The van der Waals surface area contributed by atoms with Crippen molar-refractivity contribution in [2.45, 2.75) is 83.3 Å². The Labute approximate surface area is 264 Å². The molecule has 3 fully saturated rings. The highest BCUT2D eigenvalue weighted by Gasteiger charge is 2.70. The first-order chi connectivity index (χ1) is 21.7. The average Bonchev–Trinajstić information content (AvgIpc) is 3.27. The second-order valence-electron chi connectivity index (χ2n) is 12.8. The van der Waals surface area contributed by atoms with E-state index in [1.165, 1.54) is 6.08 Å². The SMILES string of the molecule is C[C@]12C=CC(=O)C=C1CCC1C3CC[C@](OC(=O)CCCO[N+](=O)[O-])(C(=O)COC(=O)OCCCCO[N+](=O)[O-])[C@@]3(C)C[C@H](O)[C@@H]12. The van der Waals surface area contributed by atoms with E-state index in [1.807, 2.05) is 19.9 Å². The summed E-state index contributed by atoms with van der Waals surface area (Å²) >= 11 is 0. The van der Waals surface area contributed by atoms with Gasteiger partial charge in [0.15, 0.2) is 18.0 Å². The second kappa shape index (κ2) is 14.1. The number of ketones is 2. The molecule has 0 bridgehead atoms. The Morgan fingerprint density at radius 3 is 2.37 bits per heavy atom. The summed E-state index contributed by atoms with van der Waals surface area (Å²) in [5, 5.41) is 30.5. The average molecular weight is 653 g/mol. The van der Waals surface area contributed by atoms with Gasteiger partial charge in [-0.3, -0.25) is 14.4 Å². The second-order valence-corrected chi connectivity index (χ2v) is 12.8. The molecule has 0 spiro atoms. The van der Waals surface area contributed by atoms with Crippen LogP contribution < -0.4 is 0 Å². The number of esters is 1. The highest BCUT2D eigenvalue weighted by Crippen LogP contribution is 2.68. The van der Waals surface area contributed by atoms with Crippen LogP contribution >= 0.6 is 0 Å². The minimum Gasteiger partial charge on any atom is -0.450 e.